The highest BCUT2D eigenvalue weighted by Crippen LogP contribution is 2.16. The van der Waals surface area contributed by atoms with Crippen molar-refractivity contribution in [1.82, 2.24) is 14.6 Å². The molecule has 0 amide bonds. The lowest BCUT2D eigenvalue weighted by Crippen LogP contribution is -2.25. The van der Waals surface area contributed by atoms with Gasteiger partial charge in [-0.05, 0) is 18.9 Å². The molecule has 0 saturated carbocycles. The van der Waals surface area contributed by atoms with Crippen LogP contribution in [0.3, 0.4) is 0 Å². The predicted molar refractivity (Wildman–Crippen MR) is 66.0 cm³/mol. The van der Waals surface area contributed by atoms with E-state index in [-0.39, 0.29) is 6.04 Å². The Bertz CT molecular complexity index is 468. The fraction of sp³-hybridized carbons (Fsp3) is 0.455. The summed E-state index contributed by atoms with van der Waals surface area (Å²) in [7, 11) is 0. The van der Waals surface area contributed by atoms with Crippen molar-refractivity contribution in [3.8, 4) is 0 Å². The number of alkyl halides is 1. The first-order valence-electron chi connectivity index (χ1n) is 5.33. The van der Waals surface area contributed by atoms with Gasteiger partial charge in [-0.1, -0.05) is 6.92 Å². The molecule has 0 bridgehead atoms. The van der Waals surface area contributed by atoms with Crippen LogP contribution in [0.25, 0.3) is 5.52 Å². The van der Waals surface area contributed by atoms with E-state index in [4.69, 9.17) is 11.6 Å². The van der Waals surface area contributed by atoms with Gasteiger partial charge in [0, 0.05) is 24.3 Å². The Morgan fingerprint density at radius 3 is 3.00 bits per heavy atom. The smallest absolute Gasteiger partial charge is 0.152 e. The van der Waals surface area contributed by atoms with Crippen molar-refractivity contribution < 1.29 is 0 Å². The third-order valence-electron chi connectivity index (χ3n) is 2.79. The molecular formula is C11H15ClN4. The number of nitrogens with zero attached hydrogens (tertiary/aromatic N) is 3. The van der Waals surface area contributed by atoms with Gasteiger partial charge in [0.05, 0.1) is 6.20 Å². The van der Waals surface area contributed by atoms with Crippen LogP contribution < -0.4 is 5.32 Å². The van der Waals surface area contributed by atoms with Gasteiger partial charge in [0.15, 0.2) is 5.82 Å². The van der Waals surface area contributed by atoms with Crippen molar-refractivity contribution in [1.29, 1.82) is 0 Å². The van der Waals surface area contributed by atoms with E-state index >= 15 is 0 Å². The standard InChI is InChI=1S/C11H15ClN4/c1-8(7-12)9(2)15-11-10-3-4-14-16(10)6-5-13-11/h3-6,8-9H,7H2,1-2H3,(H,13,15). The van der Waals surface area contributed by atoms with Crippen LogP contribution in [0.4, 0.5) is 5.82 Å². The van der Waals surface area contributed by atoms with Crippen LogP contribution in [0.2, 0.25) is 0 Å². The van der Waals surface area contributed by atoms with Crippen LogP contribution in [-0.2, 0) is 0 Å². The summed E-state index contributed by atoms with van der Waals surface area (Å²) >= 11 is 5.83. The molecule has 2 unspecified atom stereocenters. The van der Waals surface area contributed by atoms with Crippen molar-refractivity contribution >= 4 is 22.9 Å². The molecule has 16 heavy (non-hydrogen) atoms. The van der Waals surface area contributed by atoms with Gasteiger partial charge in [-0.15, -0.1) is 11.6 Å². The molecule has 0 aliphatic rings. The summed E-state index contributed by atoms with van der Waals surface area (Å²) in [4.78, 5) is 4.32. The summed E-state index contributed by atoms with van der Waals surface area (Å²) in [5.41, 5.74) is 0.983. The SMILES string of the molecule is CC(CCl)C(C)Nc1nccn2nccc12. The Labute approximate surface area is 99.6 Å². The van der Waals surface area contributed by atoms with Gasteiger partial charge in [-0.2, -0.15) is 5.10 Å². The van der Waals surface area contributed by atoms with Gasteiger partial charge in [-0.25, -0.2) is 9.50 Å². The molecule has 2 aromatic rings. The Balaban J connectivity index is 2.23. The van der Waals surface area contributed by atoms with E-state index in [9.17, 15) is 0 Å². The maximum Gasteiger partial charge on any atom is 0.152 e. The lowest BCUT2D eigenvalue weighted by Gasteiger charge is -2.19. The second-order valence-electron chi connectivity index (χ2n) is 4.00. The van der Waals surface area contributed by atoms with E-state index in [2.05, 4.69) is 29.2 Å². The van der Waals surface area contributed by atoms with Gasteiger partial charge >= 0.3 is 0 Å². The van der Waals surface area contributed by atoms with Crippen LogP contribution in [0.15, 0.2) is 24.7 Å². The molecule has 0 aliphatic heterocycles. The topological polar surface area (TPSA) is 42.2 Å². The molecule has 0 radical (unpaired) electrons. The Hall–Kier alpha value is -1.29. The number of hydrogen-bond acceptors (Lipinski definition) is 3. The molecule has 2 heterocycles. The van der Waals surface area contributed by atoms with Crippen molar-refractivity contribution in [2.75, 3.05) is 11.2 Å². The molecule has 4 nitrogen and oxygen atoms in total. The lowest BCUT2D eigenvalue weighted by atomic mass is 10.1. The van der Waals surface area contributed by atoms with E-state index in [0.717, 1.165) is 11.3 Å². The van der Waals surface area contributed by atoms with Crippen molar-refractivity contribution in [2.45, 2.75) is 19.9 Å². The minimum Gasteiger partial charge on any atom is -0.366 e. The Morgan fingerprint density at radius 1 is 1.44 bits per heavy atom. The van der Waals surface area contributed by atoms with Gasteiger partial charge in [0.1, 0.15) is 5.52 Å². The molecule has 2 atom stereocenters. The normalized spacial score (nSPS) is 14.9. The average Bonchev–Trinajstić information content (AvgIpc) is 2.77. The van der Waals surface area contributed by atoms with E-state index in [1.165, 1.54) is 0 Å². The number of fused-ring (bicyclic) bond motifs is 1. The summed E-state index contributed by atoms with van der Waals surface area (Å²) in [6.45, 7) is 4.22. The zero-order valence-corrected chi connectivity index (χ0v) is 10.1. The van der Waals surface area contributed by atoms with Gasteiger partial charge < -0.3 is 5.32 Å². The van der Waals surface area contributed by atoms with E-state index in [1.54, 1.807) is 16.9 Å². The average molecular weight is 239 g/mol. The maximum atomic E-state index is 5.83. The first-order valence-corrected chi connectivity index (χ1v) is 5.86. The second kappa shape index (κ2) is 4.70. The molecule has 0 aromatic carbocycles. The first-order chi connectivity index (χ1) is 7.72. The molecule has 86 valence electrons. The van der Waals surface area contributed by atoms with Gasteiger partial charge in [0.2, 0.25) is 0 Å². The zero-order valence-electron chi connectivity index (χ0n) is 9.39. The summed E-state index contributed by atoms with van der Waals surface area (Å²) in [6, 6.07) is 2.22. The fourth-order valence-corrected chi connectivity index (χ4v) is 1.73. The van der Waals surface area contributed by atoms with Gasteiger partial charge in [0.25, 0.3) is 0 Å². The molecule has 0 spiro atoms. The second-order valence-corrected chi connectivity index (χ2v) is 4.31. The van der Waals surface area contributed by atoms with Crippen LogP contribution in [0.5, 0.6) is 0 Å². The first kappa shape index (κ1) is 11.2. The molecule has 2 aromatic heterocycles. The van der Waals surface area contributed by atoms with Crippen molar-refractivity contribution in [3.63, 3.8) is 0 Å². The fourth-order valence-electron chi connectivity index (χ4n) is 1.46. The van der Waals surface area contributed by atoms with Gasteiger partial charge in [-0.3, -0.25) is 0 Å². The highest BCUT2D eigenvalue weighted by molar-refractivity contribution is 6.18. The predicted octanol–water partition coefficient (Wildman–Crippen LogP) is 2.40. The molecular weight excluding hydrogens is 224 g/mol. The molecule has 0 saturated heterocycles. The number of hydrogen-bond donors (Lipinski definition) is 1. The largest absolute Gasteiger partial charge is 0.366 e. The number of nitrogens with one attached hydrogen (secondary N) is 1. The monoisotopic (exact) mass is 238 g/mol. The highest BCUT2D eigenvalue weighted by atomic mass is 35.5. The third-order valence-corrected chi connectivity index (χ3v) is 3.27. The number of halogens is 1. The molecule has 5 heteroatoms. The molecule has 0 fully saturated rings. The summed E-state index contributed by atoms with van der Waals surface area (Å²) in [6.07, 6.45) is 5.33. The van der Waals surface area contributed by atoms with E-state index in [1.807, 2.05) is 12.3 Å². The summed E-state index contributed by atoms with van der Waals surface area (Å²) in [5, 5.41) is 7.53. The number of anilines is 1. The third kappa shape index (κ3) is 2.11. The Kier molecular flexibility index (Phi) is 3.29. The molecule has 2 rings (SSSR count). The summed E-state index contributed by atoms with van der Waals surface area (Å²) in [5.74, 6) is 1.88. The molecule has 1 N–H and O–H groups in total. The van der Waals surface area contributed by atoms with Crippen molar-refractivity contribution in [2.24, 2.45) is 5.92 Å². The quantitative estimate of drug-likeness (QED) is 0.832. The van der Waals surface area contributed by atoms with Crippen LogP contribution in [-0.4, -0.2) is 26.5 Å². The van der Waals surface area contributed by atoms with Crippen LogP contribution in [0.1, 0.15) is 13.8 Å². The van der Waals surface area contributed by atoms with Crippen LogP contribution >= 0.6 is 11.6 Å². The Morgan fingerprint density at radius 2 is 2.25 bits per heavy atom. The zero-order chi connectivity index (χ0) is 11.5. The van der Waals surface area contributed by atoms with Crippen molar-refractivity contribution in [3.05, 3.63) is 24.7 Å². The number of aromatic nitrogens is 3. The van der Waals surface area contributed by atoms with Crippen LogP contribution in [0, 0.1) is 5.92 Å². The lowest BCUT2D eigenvalue weighted by molar-refractivity contribution is 0.564. The molecule has 0 aliphatic carbocycles. The highest BCUT2D eigenvalue weighted by Gasteiger charge is 2.12. The summed E-state index contributed by atoms with van der Waals surface area (Å²) < 4.78 is 1.80. The maximum absolute atomic E-state index is 5.83. The minimum atomic E-state index is 0.283. The van der Waals surface area contributed by atoms with E-state index in [0.29, 0.717) is 11.8 Å². The minimum absolute atomic E-state index is 0.283. The number of rotatable bonds is 4. The van der Waals surface area contributed by atoms with E-state index < -0.39 is 0 Å².